The highest BCUT2D eigenvalue weighted by molar-refractivity contribution is 6.34. The van der Waals surface area contributed by atoms with E-state index in [4.69, 9.17) is 32.7 Å². The highest BCUT2D eigenvalue weighted by Crippen LogP contribution is 2.32. The van der Waals surface area contributed by atoms with Crippen molar-refractivity contribution in [3.8, 4) is 11.5 Å². The van der Waals surface area contributed by atoms with Gasteiger partial charge < -0.3 is 14.4 Å². The average Bonchev–Trinajstić information content (AvgIpc) is 3.10. The minimum atomic E-state index is -0.109. The van der Waals surface area contributed by atoms with Crippen molar-refractivity contribution < 1.29 is 14.3 Å². The van der Waals surface area contributed by atoms with Gasteiger partial charge in [0.2, 0.25) is 6.79 Å². The Labute approximate surface area is 173 Å². The molecule has 9 heteroatoms. The zero-order valence-electron chi connectivity index (χ0n) is 14.4. The fourth-order valence-electron chi connectivity index (χ4n) is 3.15. The maximum Gasteiger partial charge on any atom is 0.257 e. The number of pyridine rings is 1. The number of carbonyl (C=O) groups is 1. The lowest BCUT2D eigenvalue weighted by atomic mass is 10.1. The highest BCUT2D eigenvalue weighted by Gasteiger charge is 2.24. The number of aromatic nitrogens is 1. The molecule has 0 bridgehead atoms. The summed E-state index contributed by atoms with van der Waals surface area (Å²) in [4.78, 5) is 20.7. The van der Waals surface area contributed by atoms with Crippen LogP contribution in [0.5, 0.6) is 11.5 Å². The summed E-state index contributed by atoms with van der Waals surface area (Å²) in [5.74, 6) is 1.47. The van der Waals surface area contributed by atoms with Crippen LogP contribution in [0.2, 0.25) is 10.3 Å². The minimum Gasteiger partial charge on any atom is -0.454 e. The van der Waals surface area contributed by atoms with Gasteiger partial charge in [0.15, 0.2) is 11.5 Å². The lowest BCUT2D eigenvalue weighted by Crippen LogP contribution is -2.48. The van der Waals surface area contributed by atoms with E-state index in [9.17, 15) is 4.79 Å². The highest BCUT2D eigenvalue weighted by atomic mass is 35.5. The molecule has 2 aliphatic rings. The van der Waals surface area contributed by atoms with Crippen molar-refractivity contribution in [2.24, 2.45) is 0 Å². The average molecular weight is 431 g/mol. The number of ether oxygens (including phenoxy) is 2. The molecule has 0 saturated carbocycles. The van der Waals surface area contributed by atoms with E-state index in [1.165, 1.54) is 5.56 Å². The second kappa shape index (κ2) is 8.52. The third-order valence-corrected chi connectivity index (χ3v) is 5.05. The Kier molecular flexibility index (Phi) is 6.32. The number of piperazine rings is 1. The van der Waals surface area contributed by atoms with E-state index in [2.05, 4.69) is 9.88 Å². The van der Waals surface area contributed by atoms with Crippen LogP contribution in [0.15, 0.2) is 30.3 Å². The molecule has 3 heterocycles. The van der Waals surface area contributed by atoms with Gasteiger partial charge in [0.05, 0.1) is 5.56 Å². The number of hydrogen-bond acceptors (Lipinski definition) is 5. The Morgan fingerprint density at radius 1 is 1.04 bits per heavy atom. The van der Waals surface area contributed by atoms with Gasteiger partial charge in [-0.25, -0.2) is 4.98 Å². The van der Waals surface area contributed by atoms with E-state index in [1.807, 2.05) is 18.2 Å². The molecule has 1 amide bonds. The quantitative estimate of drug-likeness (QED) is 0.698. The number of rotatable bonds is 3. The molecule has 2 aromatic rings. The van der Waals surface area contributed by atoms with Gasteiger partial charge in [-0.15, -0.1) is 12.4 Å². The number of benzene rings is 1. The van der Waals surface area contributed by atoms with Gasteiger partial charge in [-0.1, -0.05) is 29.3 Å². The molecular weight excluding hydrogens is 413 g/mol. The van der Waals surface area contributed by atoms with Gasteiger partial charge >= 0.3 is 0 Å². The molecule has 0 aliphatic carbocycles. The Bertz CT molecular complexity index is 842. The summed E-state index contributed by atoms with van der Waals surface area (Å²) in [6, 6.07) is 9.20. The molecule has 6 nitrogen and oxygen atoms in total. The second-order valence-corrected chi connectivity index (χ2v) is 6.97. The minimum absolute atomic E-state index is 0. The molecule has 144 valence electrons. The van der Waals surface area contributed by atoms with Gasteiger partial charge in [0.25, 0.3) is 5.91 Å². The van der Waals surface area contributed by atoms with Gasteiger partial charge in [0.1, 0.15) is 10.3 Å². The summed E-state index contributed by atoms with van der Waals surface area (Å²) in [6.07, 6.45) is 0. The molecule has 1 aromatic heterocycles. The summed E-state index contributed by atoms with van der Waals surface area (Å²) < 4.78 is 10.8. The Morgan fingerprint density at radius 2 is 1.78 bits per heavy atom. The van der Waals surface area contributed by atoms with Crippen molar-refractivity contribution in [3.05, 3.63) is 51.8 Å². The molecule has 2 aliphatic heterocycles. The molecule has 4 rings (SSSR count). The zero-order chi connectivity index (χ0) is 18.1. The first-order valence-electron chi connectivity index (χ1n) is 8.32. The lowest BCUT2D eigenvalue weighted by Gasteiger charge is -2.34. The number of halogens is 3. The molecule has 1 saturated heterocycles. The second-order valence-electron chi connectivity index (χ2n) is 6.23. The van der Waals surface area contributed by atoms with E-state index in [0.29, 0.717) is 18.7 Å². The predicted octanol–water partition coefficient (Wildman–Crippen LogP) is 3.50. The molecule has 0 atom stereocenters. The van der Waals surface area contributed by atoms with Crippen molar-refractivity contribution in [1.82, 2.24) is 14.8 Å². The van der Waals surface area contributed by atoms with Crippen LogP contribution >= 0.6 is 35.6 Å². The van der Waals surface area contributed by atoms with Crippen LogP contribution in [-0.2, 0) is 6.54 Å². The topological polar surface area (TPSA) is 54.9 Å². The molecule has 1 aromatic carbocycles. The number of hydrogen-bond donors (Lipinski definition) is 0. The van der Waals surface area contributed by atoms with E-state index < -0.39 is 0 Å². The van der Waals surface area contributed by atoms with Crippen LogP contribution in [-0.4, -0.2) is 53.7 Å². The molecule has 0 radical (unpaired) electrons. The molecule has 1 fully saturated rings. The van der Waals surface area contributed by atoms with Gasteiger partial charge in [-0.3, -0.25) is 9.69 Å². The first-order chi connectivity index (χ1) is 12.6. The fraction of sp³-hybridized carbons (Fsp3) is 0.333. The first-order valence-corrected chi connectivity index (χ1v) is 9.08. The van der Waals surface area contributed by atoms with Crippen LogP contribution in [0.25, 0.3) is 0 Å². The van der Waals surface area contributed by atoms with Crippen molar-refractivity contribution in [2.45, 2.75) is 6.54 Å². The Hall–Kier alpha value is -1.73. The summed E-state index contributed by atoms with van der Waals surface area (Å²) in [5, 5.41) is 0.422. The third-order valence-electron chi connectivity index (χ3n) is 4.55. The normalized spacial score (nSPS) is 16.1. The van der Waals surface area contributed by atoms with Gasteiger partial charge in [0, 0.05) is 32.7 Å². The van der Waals surface area contributed by atoms with E-state index in [0.717, 1.165) is 31.1 Å². The Morgan fingerprint density at radius 3 is 2.52 bits per heavy atom. The largest absolute Gasteiger partial charge is 0.454 e. The molecular formula is C18H18Cl3N3O3. The van der Waals surface area contributed by atoms with Gasteiger partial charge in [-0.2, -0.15) is 0 Å². The van der Waals surface area contributed by atoms with Crippen molar-refractivity contribution >= 4 is 41.5 Å². The molecule has 0 N–H and O–H groups in total. The number of fused-ring (bicyclic) bond motifs is 1. The van der Waals surface area contributed by atoms with Crippen molar-refractivity contribution in [1.29, 1.82) is 0 Å². The first kappa shape index (κ1) is 20.0. The summed E-state index contributed by atoms with van der Waals surface area (Å²) in [5.41, 5.74) is 1.55. The van der Waals surface area contributed by atoms with Crippen LogP contribution in [0.4, 0.5) is 0 Å². The summed E-state index contributed by atoms with van der Waals surface area (Å²) in [7, 11) is 0. The number of nitrogens with zero attached hydrogens (tertiary/aromatic N) is 3. The SMILES string of the molecule is Cl.O=C(c1ccc(Cl)nc1Cl)N1CCN(Cc2ccc3c(c2)OCO3)CC1. The molecule has 0 unspecified atom stereocenters. The maximum atomic E-state index is 12.6. The van der Waals surface area contributed by atoms with Gasteiger partial charge in [-0.05, 0) is 29.8 Å². The zero-order valence-corrected chi connectivity index (χ0v) is 16.7. The van der Waals surface area contributed by atoms with Crippen molar-refractivity contribution in [3.63, 3.8) is 0 Å². The summed E-state index contributed by atoms with van der Waals surface area (Å²) in [6.45, 7) is 3.95. The van der Waals surface area contributed by atoms with Crippen LogP contribution in [0.3, 0.4) is 0 Å². The molecule has 0 spiro atoms. The number of amides is 1. The maximum absolute atomic E-state index is 12.6. The van der Waals surface area contributed by atoms with E-state index >= 15 is 0 Å². The standard InChI is InChI=1S/C18H17Cl2N3O3.ClH/c19-16-4-2-13(17(20)21-16)18(24)23-7-5-22(6-8-23)10-12-1-3-14-15(9-12)26-11-25-14;/h1-4,9H,5-8,10-11H2;1H. The van der Waals surface area contributed by atoms with Crippen LogP contribution in [0, 0.1) is 0 Å². The third kappa shape index (κ3) is 4.41. The fourth-order valence-corrected chi connectivity index (χ4v) is 3.57. The van der Waals surface area contributed by atoms with Crippen LogP contribution in [0.1, 0.15) is 15.9 Å². The molecule has 27 heavy (non-hydrogen) atoms. The van der Waals surface area contributed by atoms with Crippen molar-refractivity contribution in [2.75, 3.05) is 33.0 Å². The monoisotopic (exact) mass is 429 g/mol. The predicted molar refractivity (Wildman–Crippen MR) is 105 cm³/mol. The number of carbonyl (C=O) groups excluding carboxylic acids is 1. The van der Waals surface area contributed by atoms with Crippen LogP contribution < -0.4 is 9.47 Å². The summed E-state index contributed by atoms with van der Waals surface area (Å²) >= 11 is 11.8. The van der Waals surface area contributed by atoms with E-state index in [1.54, 1.807) is 17.0 Å². The Balaban J connectivity index is 0.00000210. The lowest BCUT2D eigenvalue weighted by molar-refractivity contribution is 0.0628. The van der Waals surface area contributed by atoms with E-state index in [-0.39, 0.29) is 35.4 Å². The smallest absolute Gasteiger partial charge is 0.257 e.